The molecule has 0 spiro atoms. The third kappa shape index (κ3) is 2.38. The van der Waals surface area contributed by atoms with Crippen molar-refractivity contribution < 1.29 is 0 Å². The van der Waals surface area contributed by atoms with Gasteiger partial charge in [-0.2, -0.15) is 0 Å². The highest BCUT2D eigenvalue weighted by Gasteiger charge is 2.20. The van der Waals surface area contributed by atoms with Gasteiger partial charge in [-0.15, -0.1) is 0 Å². The number of nitrogens with one attached hydrogen (secondary N) is 1. The quantitative estimate of drug-likeness (QED) is 0.773. The molecule has 1 aromatic heterocycles. The summed E-state index contributed by atoms with van der Waals surface area (Å²) in [5, 5.41) is 4.01. The fourth-order valence-electron chi connectivity index (χ4n) is 1.48. The van der Waals surface area contributed by atoms with E-state index in [1.165, 1.54) is 18.4 Å². The average Bonchev–Trinajstić information content (AvgIpc) is 2.98. The molecule has 14 heavy (non-hydrogen) atoms. The van der Waals surface area contributed by atoms with Crippen LogP contribution in [-0.4, -0.2) is 11.5 Å². The van der Waals surface area contributed by atoms with Crippen molar-refractivity contribution in [3.05, 3.63) is 23.0 Å². The van der Waals surface area contributed by atoms with Crippen molar-refractivity contribution in [3.8, 4) is 0 Å². The molecule has 2 rings (SSSR count). The van der Waals surface area contributed by atoms with E-state index in [9.17, 15) is 0 Å². The lowest BCUT2D eigenvalue weighted by molar-refractivity contribution is 0.885. The van der Waals surface area contributed by atoms with Crippen LogP contribution in [0.5, 0.6) is 0 Å². The van der Waals surface area contributed by atoms with Crippen LogP contribution in [0.3, 0.4) is 0 Å². The average molecular weight is 211 g/mol. The van der Waals surface area contributed by atoms with E-state index in [4.69, 9.17) is 11.6 Å². The van der Waals surface area contributed by atoms with E-state index < -0.39 is 0 Å². The number of nitrogens with zero attached hydrogens (tertiary/aromatic N) is 1. The molecule has 0 aliphatic heterocycles. The zero-order valence-corrected chi connectivity index (χ0v) is 9.14. The van der Waals surface area contributed by atoms with E-state index in [0.717, 1.165) is 24.6 Å². The maximum absolute atomic E-state index is 5.85. The monoisotopic (exact) mass is 210 g/mol. The molecule has 0 aromatic carbocycles. The van der Waals surface area contributed by atoms with Gasteiger partial charge in [-0.3, -0.25) is 0 Å². The molecule has 1 aliphatic rings. The highest BCUT2D eigenvalue weighted by Crippen LogP contribution is 2.29. The molecule has 0 radical (unpaired) electrons. The topological polar surface area (TPSA) is 24.9 Å². The Balaban J connectivity index is 2.07. The summed E-state index contributed by atoms with van der Waals surface area (Å²) in [5.74, 6) is 0.881. The second-order valence-corrected chi connectivity index (χ2v) is 4.23. The van der Waals surface area contributed by atoms with Gasteiger partial charge in [-0.25, -0.2) is 4.98 Å². The van der Waals surface area contributed by atoms with Crippen LogP contribution in [0.25, 0.3) is 0 Å². The fraction of sp³-hybridized carbons (Fsp3) is 0.545. The largest absolute Gasteiger partial charge is 0.384 e. The number of anilines is 1. The highest BCUT2D eigenvalue weighted by atomic mass is 35.5. The number of rotatable bonds is 4. The van der Waals surface area contributed by atoms with Gasteiger partial charge in [0.1, 0.15) is 5.15 Å². The minimum atomic E-state index is 0.570. The number of hydrogen-bond acceptors (Lipinski definition) is 2. The van der Waals surface area contributed by atoms with Crippen LogP contribution >= 0.6 is 11.6 Å². The van der Waals surface area contributed by atoms with Crippen LogP contribution in [0.1, 0.15) is 25.3 Å². The van der Waals surface area contributed by atoms with Gasteiger partial charge in [0.25, 0.3) is 0 Å². The van der Waals surface area contributed by atoms with Crippen molar-refractivity contribution >= 4 is 17.3 Å². The molecule has 1 aliphatic carbocycles. The Morgan fingerprint density at radius 2 is 2.36 bits per heavy atom. The molecular weight excluding hydrogens is 196 g/mol. The fourth-order valence-corrected chi connectivity index (χ4v) is 1.64. The van der Waals surface area contributed by atoms with Crippen LogP contribution in [-0.2, 0) is 6.42 Å². The molecule has 0 amide bonds. The number of halogens is 1. The smallest absolute Gasteiger partial charge is 0.131 e. The van der Waals surface area contributed by atoms with Gasteiger partial charge in [0.05, 0.1) is 0 Å². The molecule has 0 saturated heterocycles. The van der Waals surface area contributed by atoms with E-state index in [-0.39, 0.29) is 0 Å². The van der Waals surface area contributed by atoms with Gasteiger partial charge in [-0.05, 0) is 36.8 Å². The van der Waals surface area contributed by atoms with Crippen LogP contribution in [0, 0.1) is 5.92 Å². The summed E-state index contributed by atoms with van der Waals surface area (Å²) in [4.78, 5) is 4.08. The Kier molecular flexibility index (Phi) is 2.92. The minimum Gasteiger partial charge on any atom is -0.384 e. The molecule has 1 aromatic rings. The van der Waals surface area contributed by atoms with E-state index in [1.54, 1.807) is 0 Å². The van der Waals surface area contributed by atoms with Crippen molar-refractivity contribution in [2.45, 2.75) is 26.2 Å². The molecule has 76 valence electrons. The molecule has 3 heteroatoms. The molecule has 1 saturated carbocycles. The first-order valence-corrected chi connectivity index (χ1v) is 5.55. The molecular formula is C11H15ClN2. The molecule has 0 unspecified atom stereocenters. The lowest BCUT2D eigenvalue weighted by Gasteiger charge is -2.10. The SMILES string of the molecule is CCc1cnc(Cl)cc1NCC1CC1. The van der Waals surface area contributed by atoms with Gasteiger partial charge in [-0.1, -0.05) is 18.5 Å². The summed E-state index contributed by atoms with van der Waals surface area (Å²) in [6, 6.07) is 1.92. The first kappa shape index (κ1) is 9.78. The molecule has 2 nitrogen and oxygen atoms in total. The van der Waals surface area contributed by atoms with Crippen molar-refractivity contribution in [2.24, 2.45) is 5.92 Å². The predicted octanol–water partition coefficient (Wildman–Crippen LogP) is 3.12. The standard InChI is InChI=1S/C11H15ClN2/c1-2-9-7-14-11(12)5-10(9)13-6-8-3-4-8/h5,7-8H,2-4,6H2,1H3,(H,13,14). The van der Waals surface area contributed by atoms with Crippen LogP contribution in [0.2, 0.25) is 5.15 Å². The second-order valence-electron chi connectivity index (χ2n) is 3.84. The molecule has 0 atom stereocenters. The zero-order valence-electron chi connectivity index (χ0n) is 8.39. The van der Waals surface area contributed by atoms with E-state index >= 15 is 0 Å². The van der Waals surface area contributed by atoms with Crippen molar-refractivity contribution in [1.82, 2.24) is 4.98 Å². The minimum absolute atomic E-state index is 0.570. The Hall–Kier alpha value is -0.760. The third-order valence-corrected chi connectivity index (χ3v) is 2.82. The Morgan fingerprint density at radius 1 is 1.57 bits per heavy atom. The maximum atomic E-state index is 5.85. The number of aryl methyl sites for hydroxylation is 1. The predicted molar refractivity (Wildman–Crippen MR) is 59.8 cm³/mol. The van der Waals surface area contributed by atoms with Crippen molar-refractivity contribution in [1.29, 1.82) is 0 Å². The summed E-state index contributed by atoms with van der Waals surface area (Å²) in [6.07, 6.45) is 5.59. The van der Waals surface area contributed by atoms with Gasteiger partial charge in [0, 0.05) is 18.4 Å². The second kappa shape index (κ2) is 4.18. The van der Waals surface area contributed by atoms with E-state index in [1.807, 2.05) is 12.3 Å². The number of hydrogen-bond donors (Lipinski definition) is 1. The van der Waals surface area contributed by atoms with E-state index in [2.05, 4.69) is 17.2 Å². The summed E-state index contributed by atoms with van der Waals surface area (Å²) >= 11 is 5.85. The normalized spacial score (nSPS) is 15.6. The van der Waals surface area contributed by atoms with Gasteiger partial charge in [0.2, 0.25) is 0 Å². The maximum Gasteiger partial charge on any atom is 0.131 e. The first-order chi connectivity index (χ1) is 6.79. The highest BCUT2D eigenvalue weighted by molar-refractivity contribution is 6.29. The Morgan fingerprint density at radius 3 is 3.00 bits per heavy atom. The summed E-state index contributed by atoms with van der Waals surface area (Å²) in [5.41, 5.74) is 2.40. The van der Waals surface area contributed by atoms with Gasteiger partial charge >= 0.3 is 0 Å². The van der Waals surface area contributed by atoms with Crippen molar-refractivity contribution in [2.75, 3.05) is 11.9 Å². The lowest BCUT2D eigenvalue weighted by atomic mass is 10.2. The summed E-state index contributed by atoms with van der Waals surface area (Å²) in [6.45, 7) is 3.21. The van der Waals surface area contributed by atoms with Crippen molar-refractivity contribution in [3.63, 3.8) is 0 Å². The number of aromatic nitrogens is 1. The van der Waals surface area contributed by atoms with Crippen LogP contribution < -0.4 is 5.32 Å². The summed E-state index contributed by atoms with van der Waals surface area (Å²) < 4.78 is 0. The molecule has 1 N–H and O–H groups in total. The molecule has 1 heterocycles. The van der Waals surface area contributed by atoms with Gasteiger partial charge in [0.15, 0.2) is 0 Å². The van der Waals surface area contributed by atoms with Crippen LogP contribution in [0.4, 0.5) is 5.69 Å². The third-order valence-electron chi connectivity index (χ3n) is 2.61. The van der Waals surface area contributed by atoms with E-state index in [0.29, 0.717) is 5.15 Å². The van der Waals surface area contributed by atoms with Crippen LogP contribution in [0.15, 0.2) is 12.3 Å². The first-order valence-electron chi connectivity index (χ1n) is 5.18. The Bertz CT molecular complexity index is 321. The summed E-state index contributed by atoms with van der Waals surface area (Å²) in [7, 11) is 0. The Labute approximate surface area is 89.7 Å². The number of pyridine rings is 1. The molecule has 0 bridgehead atoms. The van der Waals surface area contributed by atoms with Gasteiger partial charge < -0.3 is 5.32 Å². The lowest BCUT2D eigenvalue weighted by Crippen LogP contribution is -2.05. The zero-order chi connectivity index (χ0) is 9.97. The molecule has 1 fully saturated rings.